The first-order valence-corrected chi connectivity index (χ1v) is 12.8. The molecular formula is C23H32N4O6S. The molecule has 2 rings (SSSR count). The molecular weight excluding hydrogens is 460 g/mol. The molecule has 1 aromatic carbocycles. The third-order valence-corrected chi connectivity index (χ3v) is 6.06. The zero-order valence-corrected chi connectivity index (χ0v) is 20.4. The Morgan fingerprint density at radius 1 is 1.12 bits per heavy atom. The number of carbonyl (C=O) groups excluding carboxylic acids is 5. The van der Waals surface area contributed by atoms with Crippen LogP contribution in [-0.2, 0) is 41.4 Å². The first-order valence-electron chi connectivity index (χ1n) is 11.2. The molecule has 0 aromatic heterocycles. The number of rotatable bonds is 10. The lowest BCUT2D eigenvalue weighted by molar-refractivity contribution is -0.141. The van der Waals surface area contributed by atoms with Crippen molar-refractivity contribution in [2.75, 3.05) is 6.26 Å². The molecule has 4 atom stereocenters. The molecule has 34 heavy (non-hydrogen) atoms. The van der Waals surface area contributed by atoms with Crippen molar-refractivity contribution in [1.82, 2.24) is 20.7 Å². The number of hydrogen-bond donors (Lipinski definition) is 4. The highest BCUT2D eigenvalue weighted by atomic mass is 32.2. The average molecular weight is 493 g/mol. The Morgan fingerprint density at radius 3 is 2.47 bits per heavy atom. The summed E-state index contributed by atoms with van der Waals surface area (Å²) in [6, 6.07) is 5.44. The van der Waals surface area contributed by atoms with Crippen molar-refractivity contribution < 1.29 is 28.2 Å². The van der Waals surface area contributed by atoms with Gasteiger partial charge in [0.05, 0.1) is 12.1 Å². The molecule has 0 aliphatic heterocycles. The minimum atomic E-state index is -1.52. The standard InChI is InChI=1S/C23H32N4O6S/c1-14(2)20(21(30)24-16(13-28)11-12-19(29)27-34(3)33)26-23(32)22(31)25-18-10-6-8-15-7-4-5-9-17(15)18/h4-5,7,9,13-14,16,18,20H,6,8,10-12H2,1-3H3,(H,24,30)(H,25,31)(H,26,32)(H,27,29). The summed E-state index contributed by atoms with van der Waals surface area (Å²) in [5.74, 6) is -3.31. The first-order chi connectivity index (χ1) is 16.1. The van der Waals surface area contributed by atoms with Crippen LogP contribution in [0.3, 0.4) is 0 Å². The van der Waals surface area contributed by atoms with Gasteiger partial charge in [-0.3, -0.25) is 23.9 Å². The lowest BCUT2D eigenvalue weighted by atomic mass is 9.88. The van der Waals surface area contributed by atoms with Crippen LogP contribution in [0.25, 0.3) is 0 Å². The second-order valence-corrected chi connectivity index (χ2v) is 9.69. The molecule has 0 bridgehead atoms. The van der Waals surface area contributed by atoms with Gasteiger partial charge >= 0.3 is 11.8 Å². The van der Waals surface area contributed by atoms with E-state index in [2.05, 4.69) is 20.7 Å². The molecule has 11 heteroatoms. The fourth-order valence-electron chi connectivity index (χ4n) is 3.81. The number of nitrogens with one attached hydrogen (secondary N) is 4. The summed E-state index contributed by atoms with van der Waals surface area (Å²) in [6.07, 6.45) is 4.19. The van der Waals surface area contributed by atoms with Gasteiger partial charge in [0.2, 0.25) is 11.8 Å². The van der Waals surface area contributed by atoms with Crippen molar-refractivity contribution in [3.63, 3.8) is 0 Å². The number of amides is 4. The van der Waals surface area contributed by atoms with Gasteiger partial charge in [-0.2, -0.15) is 0 Å². The molecule has 0 saturated carbocycles. The highest BCUT2D eigenvalue weighted by molar-refractivity contribution is 7.82. The molecule has 4 unspecified atom stereocenters. The van der Waals surface area contributed by atoms with E-state index >= 15 is 0 Å². The lowest BCUT2D eigenvalue weighted by Gasteiger charge is -2.27. The van der Waals surface area contributed by atoms with Crippen LogP contribution < -0.4 is 20.7 Å². The minimum Gasteiger partial charge on any atom is -0.345 e. The Bertz CT molecular complexity index is 951. The Hall–Kier alpha value is -3.08. The van der Waals surface area contributed by atoms with E-state index in [0.717, 1.165) is 24.0 Å². The number of aryl methyl sites for hydroxylation is 1. The number of carbonyl (C=O) groups is 5. The van der Waals surface area contributed by atoms with Gasteiger partial charge in [-0.1, -0.05) is 38.1 Å². The molecule has 10 nitrogen and oxygen atoms in total. The quantitative estimate of drug-likeness (QED) is 0.271. The molecule has 0 saturated heterocycles. The van der Waals surface area contributed by atoms with E-state index in [4.69, 9.17) is 0 Å². The highest BCUT2D eigenvalue weighted by Gasteiger charge is 2.30. The molecule has 4 amide bonds. The topological polar surface area (TPSA) is 151 Å². The summed E-state index contributed by atoms with van der Waals surface area (Å²) >= 11 is 0. The van der Waals surface area contributed by atoms with Crippen LogP contribution in [0.5, 0.6) is 0 Å². The van der Waals surface area contributed by atoms with Crippen molar-refractivity contribution in [2.45, 2.75) is 64.1 Å². The number of aldehydes is 1. The summed E-state index contributed by atoms with van der Waals surface area (Å²) in [6.45, 7) is 3.39. The number of benzene rings is 1. The second-order valence-electron chi connectivity index (χ2n) is 8.58. The van der Waals surface area contributed by atoms with E-state index in [1.54, 1.807) is 13.8 Å². The fourth-order valence-corrected chi connectivity index (χ4v) is 4.24. The SMILES string of the molecule is CC(C)C(NC(=O)C(=O)NC1CCCc2ccccc21)C(=O)NC(C=O)CCC(=O)NS(C)=O. The number of hydrogen-bond acceptors (Lipinski definition) is 6. The van der Waals surface area contributed by atoms with E-state index in [1.165, 1.54) is 6.26 Å². The van der Waals surface area contributed by atoms with E-state index in [1.807, 2.05) is 24.3 Å². The zero-order chi connectivity index (χ0) is 25.3. The van der Waals surface area contributed by atoms with Gasteiger partial charge in [0.25, 0.3) is 0 Å². The summed E-state index contributed by atoms with van der Waals surface area (Å²) in [4.78, 5) is 60.8. The summed E-state index contributed by atoms with van der Waals surface area (Å²) < 4.78 is 13.2. The minimum absolute atomic E-state index is 0.00138. The van der Waals surface area contributed by atoms with Crippen molar-refractivity contribution in [1.29, 1.82) is 0 Å². The molecule has 0 fully saturated rings. The maximum Gasteiger partial charge on any atom is 0.309 e. The lowest BCUT2D eigenvalue weighted by Crippen LogP contribution is -2.55. The van der Waals surface area contributed by atoms with Crippen molar-refractivity contribution in [3.05, 3.63) is 35.4 Å². The Kier molecular flexibility index (Phi) is 10.4. The van der Waals surface area contributed by atoms with Crippen LogP contribution in [0.2, 0.25) is 0 Å². The molecule has 0 radical (unpaired) electrons. The van der Waals surface area contributed by atoms with Gasteiger partial charge in [0.15, 0.2) is 0 Å². The molecule has 4 N–H and O–H groups in total. The van der Waals surface area contributed by atoms with Gasteiger partial charge in [0.1, 0.15) is 23.3 Å². The van der Waals surface area contributed by atoms with E-state index in [0.29, 0.717) is 12.7 Å². The predicted octanol–water partition coefficient (Wildman–Crippen LogP) is 0.195. The van der Waals surface area contributed by atoms with Crippen LogP contribution >= 0.6 is 0 Å². The van der Waals surface area contributed by atoms with Crippen LogP contribution in [0.1, 0.15) is 56.7 Å². The third-order valence-electron chi connectivity index (χ3n) is 5.55. The maximum absolute atomic E-state index is 12.7. The van der Waals surface area contributed by atoms with Crippen molar-refractivity contribution >= 4 is 40.9 Å². The summed E-state index contributed by atoms with van der Waals surface area (Å²) in [7, 11) is -1.52. The van der Waals surface area contributed by atoms with Crippen molar-refractivity contribution in [3.8, 4) is 0 Å². The average Bonchev–Trinajstić information content (AvgIpc) is 2.79. The van der Waals surface area contributed by atoms with E-state index < -0.39 is 46.7 Å². The molecule has 0 heterocycles. The van der Waals surface area contributed by atoms with E-state index in [-0.39, 0.29) is 24.8 Å². The van der Waals surface area contributed by atoms with Gasteiger partial charge in [0, 0.05) is 12.7 Å². The first kappa shape index (κ1) is 27.2. The second kappa shape index (κ2) is 13.0. The molecule has 1 aliphatic carbocycles. The Labute approximate surface area is 201 Å². The van der Waals surface area contributed by atoms with Gasteiger partial charge in [-0.15, -0.1) is 0 Å². The van der Waals surface area contributed by atoms with Gasteiger partial charge < -0.3 is 20.7 Å². The van der Waals surface area contributed by atoms with Crippen LogP contribution in [-0.4, -0.2) is 52.5 Å². The van der Waals surface area contributed by atoms with Gasteiger partial charge in [-0.25, -0.2) is 4.21 Å². The smallest absolute Gasteiger partial charge is 0.309 e. The molecule has 1 aromatic rings. The highest BCUT2D eigenvalue weighted by Crippen LogP contribution is 2.29. The molecule has 1 aliphatic rings. The number of fused-ring (bicyclic) bond motifs is 1. The van der Waals surface area contributed by atoms with E-state index in [9.17, 15) is 28.2 Å². The summed E-state index contributed by atoms with van der Waals surface area (Å²) in [5, 5.41) is 7.69. The normalized spacial score (nSPS) is 17.5. The van der Waals surface area contributed by atoms with Crippen molar-refractivity contribution in [2.24, 2.45) is 5.92 Å². The van der Waals surface area contributed by atoms with Crippen LogP contribution in [0.4, 0.5) is 0 Å². The zero-order valence-electron chi connectivity index (χ0n) is 19.6. The largest absolute Gasteiger partial charge is 0.345 e. The third kappa shape index (κ3) is 8.05. The summed E-state index contributed by atoms with van der Waals surface area (Å²) in [5.41, 5.74) is 2.12. The van der Waals surface area contributed by atoms with Crippen LogP contribution in [0.15, 0.2) is 24.3 Å². The van der Waals surface area contributed by atoms with Crippen LogP contribution in [0, 0.1) is 5.92 Å². The van der Waals surface area contributed by atoms with Gasteiger partial charge in [-0.05, 0) is 42.7 Å². The predicted molar refractivity (Wildman–Crippen MR) is 126 cm³/mol. The monoisotopic (exact) mass is 492 g/mol. The Balaban J connectivity index is 1.95. The molecule has 0 spiro atoms. The Morgan fingerprint density at radius 2 is 1.82 bits per heavy atom. The maximum atomic E-state index is 12.7. The molecule has 186 valence electrons. The fraction of sp³-hybridized carbons (Fsp3) is 0.522.